The molecule has 2 aliphatic rings. The third-order valence-corrected chi connectivity index (χ3v) is 8.63. The quantitative estimate of drug-likeness (QED) is 0.363. The average molecular weight is 547 g/mol. The maximum atomic E-state index is 13.1. The lowest BCUT2D eigenvalue weighted by atomic mass is 10.1. The van der Waals surface area contributed by atoms with Crippen LogP contribution in [0.15, 0.2) is 58.3 Å². The number of hydrogen-bond acceptors (Lipinski definition) is 9. The van der Waals surface area contributed by atoms with Crippen LogP contribution >= 0.6 is 11.6 Å². The van der Waals surface area contributed by atoms with Crippen LogP contribution in [-0.4, -0.2) is 59.2 Å². The molecule has 4 rings (SSSR count). The van der Waals surface area contributed by atoms with E-state index in [1.54, 1.807) is 38.1 Å². The molecule has 0 amide bonds. The summed E-state index contributed by atoms with van der Waals surface area (Å²) in [5, 5.41) is 0. The number of benzene rings is 2. The molecule has 0 bridgehead atoms. The molecule has 0 aliphatic carbocycles. The lowest BCUT2D eigenvalue weighted by molar-refractivity contribution is -0.220. The number of alkyl halides is 1. The largest absolute Gasteiger partial charge is 0.341 e. The van der Waals surface area contributed by atoms with Gasteiger partial charge in [-0.15, -0.1) is 11.6 Å². The minimum absolute atomic E-state index is 0.0703. The second-order valence-corrected chi connectivity index (χ2v) is 12.4. The topological polar surface area (TPSA) is 114 Å². The third-order valence-electron chi connectivity index (χ3n) is 5.65. The Bertz CT molecular complexity index is 1260. The van der Waals surface area contributed by atoms with Gasteiger partial charge in [0.1, 0.15) is 24.4 Å². The van der Waals surface area contributed by atoms with Crippen LogP contribution in [0.1, 0.15) is 25.0 Å². The first-order chi connectivity index (χ1) is 16.3. The minimum atomic E-state index is -4.28. The molecule has 0 saturated carbocycles. The zero-order chi connectivity index (χ0) is 25.6. The Morgan fingerprint density at radius 3 is 1.91 bits per heavy atom. The predicted octanol–water partition coefficient (Wildman–Crippen LogP) is 3.27. The fourth-order valence-corrected chi connectivity index (χ4v) is 6.40. The Balaban J connectivity index is 1.63. The maximum absolute atomic E-state index is 13.1. The van der Waals surface area contributed by atoms with E-state index in [2.05, 4.69) is 0 Å². The molecule has 12 heteroatoms. The number of ether oxygens (including phenoxy) is 3. The highest BCUT2D eigenvalue weighted by Gasteiger charge is 2.59. The molecule has 2 aromatic carbocycles. The van der Waals surface area contributed by atoms with E-state index in [1.807, 2.05) is 13.8 Å². The summed E-state index contributed by atoms with van der Waals surface area (Å²) in [6.07, 6.45) is -5.78. The summed E-state index contributed by atoms with van der Waals surface area (Å²) in [6, 6.07) is 12.2. The fraction of sp³-hybridized carbons (Fsp3) is 0.478. The summed E-state index contributed by atoms with van der Waals surface area (Å²) in [4.78, 5) is -0.145. The lowest BCUT2D eigenvalue weighted by Crippen LogP contribution is -2.46. The van der Waals surface area contributed by atoms with Crippen LogP contribution in [-0.2, 0) is 42.8 Å². The lowest BCUT2D eigenvalue weighted by Gasteiger charge is -2.29. The smallest absolute Gasteiger partial charge is 0.297 e. The van der Waals surface area contributed by atoms with Gasteiger partial charge >= 0.3 is 0 Å². The van der Waals surface area contributed by atoms with Crippen molar-refractivity contribution in [1.82, 2.24) is 0 Å². The molecule has 2 saturated heterocycles. The van der Waals surface area contributed by atoms with E-state index in [4.69, 9.17) is 34.2 Å². The zero-order valence-corrected chi connectivity index (χ0v) is 22.0. The highest BCUT2D eigenvalue weighted by molar-refractivity contribution is 7.87. The monoisotopic (exact) mass is 546 g/mol. The van der Waals surface area contributed by atoms with Crippen molar-refractivity contribution < 1.29 is 39.4 Å². The summed E-state index contributed by atoms with van der Waals surface area (Å²) in [6.45, 7) is 6.94. The second kappa shape index (κ2) is 9.71. The van der Waals surface area contributed by atoms with E-state index in [-0.39, 0.29) is 15.7 Å². The van der Waals surface area contributed by atoms with Crippen LogP contribution in [0.25, 0.3) is 0 Å². The van der Waals surface area contributed by atoms with Crippen molar-refractivity contribution in [2.24, 2.45) is 0 Å². The molecule has 2 aromatic rings. The molecular formula is C23H27ClO9S2. The van der Waals surface area contributed by atoms with Crippen molar-refractivity contribution in [3.63, 3.8) is 0 Å². The summed E-state index contributed by atoms with van der Waals surface area (Å²) in [5.74, 6) is -1.40. The van der Waals surface area contributed by atoms with E-state index < -0.39 is 56.7 Å². The highest BCUT2D eigenvalue weighted by atomic mass is 35.5. The van der Waals surface area contributed by atoms with E-state index in [1.165, 1.54) is 24.3 Å². The first kappa shape index (κ1) is 26.5. The average Bonchev–Trinajstić information content (AvgIpc) is 3.24. The van der Waals surface area contributed by atoms with Crippen molar-refractivity contribution in [3.8, 4) is 0 Å². The van der Waals surface area contributed by atoms with Gasteiger partial charge in [0.05, 0.1) is 15.7 Å². The Labute approximate surface area is 210 Å². The molecule has 0 N–H and O–H groups in total. The molecule has 2 fully saturated rings. The first-order valence-electron chi connectivity index (χ1n) is 10.9. The van der Waals surface area contributed by atoms with Crippen molar-refractivity contribution in [2.45, 2.75) is 74.0 Å². The molecule has 0 aromatic heterocycles. The molecule has 0 spiro atoms. The maximum Gasteiger partial charge on any atom is 0.297 e. The van der Waals surface area contributed by atoms with Gasteiger partial charge in [-0.25, -0.2) is 0 Å². The predicted molar refractivity (Wildman–Crippen MR) is 126 cm³/mol. The minimum Gasteiger partial charge on any atom is -0.341 e. The molecular weight excluding hydrogens is 520 g/mol. The summed E-state index contributed by atoms with van der Waals surface area (Å²) >= 11 is 6.09. The van der Waals surface area contributed by atoms with E-state index in [0.29, 0.717) is 0 Å². The van der Waals surface area contributed by atoms with E-state index >= 15 is 0 Å². The van der Waals surface area contributed by atoms with Gasteiger partial charge in [0.15, 0.2) is 12.1 Å². The number of hydrogen-bond donors (Lipinski definition) is 0. The Morgan fingerprint density at radius 1 is 0.886 bits per heavy atom. The van der Waals surface area contributed by atoms with Crippen LogP contribution in [0.4, 0.5) is 0 Å². The van der Waals surface area contributed by atoms with Crippen LogP contribution in [0.5, 0.6) is 0 Å². The number of aryl methyl sites for hydroxylation is 2. The van der Waals surface area contributed by atoms with Crippen LogP contribution in [0.3, 0.4) is 0 Å². The standard InChI is InChI=1S/C23H27ClO9S2/c1-14-5-9-16(10-6-14)34(25,26)32-18(13-24)19-20(21-22(29-19)31-23(3,4)30-21)33-35(27,28)17-11-7-15(2)8-12-17/h5-12,18-22H,13H2,1-4H3. The highest BCUT2D eigenvalue weighted by Crippen LogP contribution is 2.41. The van der Waals surface area contributed by atoms with Gasteiger partial charge in [0, 0.05) is 0 Å². The first-order valence-corrected chi connectivity index (χ1v) is 14.2. The third kappa shape index (κ3) is 5.72. The Kier molecular flexibility index (Phi) is 7.35. The molecule has 5 unspecified atom stereocenters. The second-order valence-electron chi connectivity index (χ2n) is 8.95. The molecule has 2 heterocycles. The van der Waals surface area contributed by atoms with Gasteiger partial charge in [-0.05, 0) is 52.0 Å². The van der Waals surface area contributed by atoms with Gasteiger partial charge in [0.25, 0.3) is 20.2 Å². The number of rotatable bonds is 8. The van der Waals surface area contributed by atoms with E-state index in [9.17, 15) is 16.8 Å². The Morgan fingerprint density at radius 2 is 1.40 bits per heavy atom. The van der Waals surface area contributed by atoms with Crippen molar-refractivity contribution in [2.75, 3.05) is 5.88 Å². The van der Waals surface area contributed by atoms with Crippen molar-refractivity contribution in [3.05, 3.63) is 59.7 Å². The molecule has 5 atom stereocenters. The van der Waals surface area contributed by atoms with Gasteiger partial charge < -0.3 is 14.2 Å². The normalized spacial score (nSPS) is 27.0. The molecule has 192 valence electrons. The molecule has 2 aliphatic heterocycles. The zero-order valence-electron chi connectivity index (χ0n) is 19.6. The van der Waals surface area contributed by atoms with Gasteiger partial charge in [-0.3, -0.25) is 8.37 Å². The van der Waals surface area contributed by atoms with Gasteiger partial charge in [-0.1, -0.05) is 35.4 Å². The van der Waals surface area contributed by atoms with Crippen LogP contribution < -0.4 is 0 Å². The summed E-state index contributed by atoms with van der Waals surface area (Å²) in [7, 11) is -8.52. The fourth-order valence-electron chi connectivity index (χ4n) is 3.91. The molecule has 35 heavy (non-hydrogen) atoms. The van der Waals surface area contributed by atoms with E-state index in [0.717, 1.165) is 11.1 Å². The molecule has 0 radical (unpaired) electrons. The number of fused-ring (bicyclic) bond motifs is 1. The summed E-state index contributed by atoms with van der Waals surface area (Å²) < 4.78 is 80.4. The van der Waals surface area contributed by atoms with Crippen molar-refractivity contribution >= 4 is 31.8 Å². The van der Waals surface area contributed by atoms with Crippen LogP contribution in [0, 0.1) is 13.8 Å². The SMILES string of the molecule is Cc1ccc(S(=O)(=O)OC(CCl)C2OC3OC(C)(C)OC3C2OS(=O)(=O)c2ccc(C)cc2)cc1. The van der Waals surface area contributed by atoms with Gasteiger partial charge in [-0.2, -0.15) is 16.8 Å². The van der Waals surface area contributed by atoms with Crippen molar-refractivity contribution in [1.29, 1.82) is 0 Å². The number of halogens is 1. The Hall–Kier alpha value is -1.57. The van der Waals surface area contributed by atoms with Gasteiger partial charge in [0.2, 0.25) is 0 Å². The summed E-state index contributed by atoms with van der Waals surface area (Å²) in [5.41, 5.74) is 1.74. The molecule has 9 nitrogen and oxygen atoms in total. The van der Waals surface area contributed by atoms with Crippen LogP contribution in [0.2, 0.25) is 0 Å².